The van der Waals surface area contributed by atoms with Crippen molar-refractivity contribution in [1.29, 1.82) is 0 Å². The zero-order valence-corrected chi connectivity index (χ0v) is 17.1. The van der Waals surface area contributed by atoms with E-state index >= 15 is 0 Å². The van der Waals surface area contributed by atoms with Crippen molar-refractivity contribution >= 4 is 17.5 Å². The van der Waals surface area contributed by atoms with Crippen LogP contribution in [0.4, 0.5) is 22.0 Å². The molecule has 11 heteroatoms. The van der Waals surface area contributed by atoms with Gasteiger partial charge in [-0.25, -0.2) is 8.78 Å². The van der Waals surface area contributed by atoms with Crippen LogP contribution < -0.4 is 4.74 Å². The summed E-state index contributed by atoms with van der Waals surface area (Å²) in [5.74, 6) is -4.34. The van der Waals surface area contributed by atoms with Gasteiger partial charge >= 0.3 is 12.1 Å². The number of halogens is 5. The molecule has 3 aromatic rings. The number of hydrogen-bond acceptors (Lipinski definition) is 5. The van der Waals surface area contributed by atoms with Crippen LogP contribution in [-0.4, -0.2) is 20.6 Å². The Hall–Kier alpha value is -3.05. The maximum Gasteiger partial charge on any atom is 0.427 e. The first kappa shape index (κ1) is 23.6. The van der Waals surface area contributed by atoms with E-state index in [9.17, 15) is 31.9 Å². The molecule has 0 aliphatic carbocycles. The maximum absolute atomic E-state index is 14.3. The highest BCUT2D eigenvalue weighted by Crippen LogP contribution is 2.40. The van der Waals surface area contributed by atoms with Crippen LogP contribution in [0.15, 0.2) is 36.4 Å². The molecule has 0 aliphatic rings. The molecule has 0 radical (unpaired) electrons. The van der Waals surface area contributed by atoms with E-state index in [0.29, 0.717) is 5.56 Å². The summed E-state index contributed by atoms with van der Waals surface area (Å²) in [6.07, 6.45) is -5.23. The number of carboxylic acid groups (broad SMARTS) is 1. The fourth-order valence-corrected chi connectivity index (χ4v) is 3.77. The number of aliphatic hydroxyl groups excluding tert-OH is 1. The second-order valence-electron chi connectivity index (χ2n) is 6.77. The minimum Gasteiger partial charge on any atom is -0.483 e. The van der Waals surface area contributed by atoms with Gasteiger partial charge in [-0.1, -0.05) is 18.2 Å². The molecule has 32 heavy (non-hydrogen) atoms. The first-order chi connectivity index (χ1) is 15.1. The zero-order valence-electron chi connectivity index (χ0n) is 16.2. The standard InChI is InChI=1S/C21H16F5NO4S/c22-15-7-11(4-5-17(29)30)8-16(23)19(15)31-10-14-18(27-32-20(14)21(24,25)26)13-3-1-2-12(6-13)9-28/h1-3,6-8,28H,4-5,9-10H2,(H,29,30). The Bertz CT molecular complexity index is 1110. The van der Waals surface area contributed by atoms with Gasteiger partial charge in [0.05, 0.1) is 12.3 Å². The van der Waals surface area contributed by atoms with Gasteiger partial charge in [0.1, 0.15) is 11.5 Å². The Morgan fingerprint density at radius 1 is 1.09 bits per heavy atom. The van der Waals surface area contributed by atoms with Crippen LogP contribution >= 0.6 is 11.5 Å². The Kier molecular flexibility index (Phi) is 7.09. The lowest BCUT2D eigenvalue weighted by molar-refractivity contribution is -0.137. The van der Waals surface area contributed by atoms with E-state index in [1.165, 1.54) is 18.2 Å². The quantitative estimate of drug-likeness (QED) is 0.440. The lowest BCUT2D eigenvalue weighted by atomic mass is 10.0. The number of nitrogens with zero attached hydrogens (tertiary/aromatic N) is 1. The van der Waals surface area contributed by atoms with Crippen LogP contribution in [0, 0.1) is 11.6 Å². The van der Waals surface area contributed by atoms with Crippen LogP contribution in [0.3, 0.4) is 0 Å². The van der Waals surface area contributed by atoms with Gasteiger partial charge in [0, 0.05) is 17.5 Å². The molecule has 0 unspecified atom stereocenters. The van der Waals surface area contributed by atoms with Crippen LogP contribution in [0.5, 0.6) is 5.75 Å². The molecule has 2 aromatic carbocycles. The average Bonchev–Trinajstić information content (AvgIpc) is 3.16. The molecule has 3 rings (SSSR count). The summed E-state index contributed by atoms with van der Waals surface area (Å²) >= 11 is 0.186. The number of benzene rings is 2. The van der Waals surface area contributed by atoms with Crippen molar-refractivity contribution in [2.75, 3.05) is 0 Å². The highest BCUT2D eigenvalue weighted by molar-refractivity contribution is 7.06. The third kappa shape index (κ3) is 5.40. The topological polar surface area (TPSA) is 79.7 Å². The summed E-state index contributed by atoms with van der Waals surface area (Å²) in [5, 5.41) is 18.0. The summed E-state index contributed by atoms with van der Waals surface area (Å²) in [6.45, 7) is -1.15. The molecule has 2 N–H and O–H groups in total. The van der Waals surface area contributed by atoms with Crippen LogP contribution in [-0.2, 0) is 30.6 Å². The Morgan fingerprint density at radius 2 is 1.78 bits per heavy atom. The SMILES string of the molecule is O=C(O)CCc1cc(F)c(OCc2c(-c3cccc(CO)c3)nsc2C(F)(F)F)c(F)c1. The summed E-state index contributed by atoms with van der Waals surface area (Å²) < 4.78 is 78.1. The van der Waals surface area contributed by atoms with Gasteiger partial charge < -0.3 is 14.9 Å². The zero-order chi connectivity index (χ0) is 23.5. The van der Waals surface area contributed by atoms with E-state index in [1.54, 1.807) is 6.07 Å². The number of aromatic nitrogens is 1. The minimum absolute atomic E-state index is 0.0727. The molecular formula is C21H16F5NO4S. The van der Waals surface area contributed by atoms with Crippen molar-refractivity contribution in [2.45, 2.75) is 32.2 Å². The number of carboxylic acids is 1. The number of rotatable bonds is 8. The molecule has 0 amide bonds. The number of aliphatic hydroxyl groups is 1. The van der Waals surface area contributed by atoms with E-state index in [2.05, 4.69) is 4.37 Å². The van der Waals surface area contributed by atoms with Crippen molar-refractivity contribution in [1.82, 2.24) is 4.37 Å². The van der Waals surface area contributed by atoms with E-state index in [1.807, 2.05) is 0 Å². The molecule has 0 atom stereocenters. The van der Waals surface area contributed by atoms with Crippen LogP contribution in [0.25, 0.3) is 11.3 Å². The minimum atomic E-state index is -4.76. The number of ether oxygens (including phenoxy) is 1. The molecule has 0 saturated heterocycles. The van der Waals surface area contributed by atoms with Crippen molar-refractivity contribution < 1.29 is 41.7 Å². The molecule has 5 nitrogen and oxygen atoms in total. The first-order valence-corrected chi connectivity index (χ1v) is 9.96. The number of carbonyl (C=O) groups is 1. The molecule has 0 fully saturated rings. The van der Waals surface area contributed by atoms with Crippen molar-refractivity contribution in [3.63, 3.8) is 0 Å². The highest BCUT2D eigenvalue weighted by Gasteiger charge is 2.38. The van der Waals surface area contributed by atoms with Crippen molar-refractivity contribution in [3.8, 4) is 17.0 Å². The molecule has 1 aromatic heterocycles. The summed E-state index contributed by atoms with van der Waals surface area (Å²) in [4.78, 5) is 9.55. The molecule has 0 saturated carbocycles. The van der Waals surface area contributed by atoms with Gasteiger partial charge in [0.2, 0.25) is 0 Å². The van der Waals surface area contributed by atoms with Gasteiger partial charge in [0.15, 0.2) is 17.4 Å². The van der Waals surface area contributed by atoms with Gasteiger partial charge in [-0.15, -0.1) is 0 Å². The third-order valence-electron chi connectivity index (χ3n) is 4.48. The lowest BCUT2D eigenvalue weighted by Crippen LogP contribution is -2.09. The molecular weight excluding hydrogens is 457 g/mol. The van der Waals surface area contributed by atoms with Gasteiger partial charge in [-0.05, 0) is 47.3 Å². The summed E-state index contributed by atoms with van der Waals surface area (Å²) in [6, 6.07) is 7.82. The highest BCUT2D eigenvalue weighted by atomic mass is 32.1. The van der Waals surface area contributed by atoms with Crippen molar-refractivity contribution in [3.05, 3.63) is 69.6 Å². The number of aryl methyl sites for hydroxylation is 1. The monoisotopic (exact) mass is 473 g/mol. The predicted octanol–water partition coefficient (Wildman–Crippen LogP) is 5.20. The molecule has 0 spiro atoms. The number of hydrogen-bond donors (Lipinski definition) is 2. The normalized spacial score (nSPS) is 11.6. The fourth-order valence-electron chi connectivity index (χ4n) is 3.00. The third-order valence-corrected chi connectivity index (χ3v) is 5.41. The fraction of sp³-hybridized carbons (Fsp3) is 0.238. The van der Waals surface area contributed by atoms with Gasteiger partial charge in [0.25, 0.3) is 0 Å². The van der Waals surface area contributed by atoms with Gasteiger partial charge in [-0.3, -0.25) is 4.79 Å². The predicted molar refractivity (Wildman–Crippen MR) is 105 cm³/mol. The van der Waals surface area contributed by atoms with E-state index in [0.717, 1.165) is 12.1 Å². The maximum atomic E-state index is 14.3. The van der Waals surface area contributed by atoms with Crippen molar-refractivity contribution in [2.24, 2.45) is 0 Å². The Balaban J connectivity index is 1.93. The van der Waals surface area contributed by atoms with Crippen LogP contribution in [0.2, 0.25) is 0 Å². The molecule has 0 bridgehead atoms. The number of alkyl halides is 3. The molecule has 170 valence electrons. The Morgan fingerprint density at radius 3 is 2.38 bits per heavy atom. The second kappa shape index (κ2) is 9.61. The molecule has 0 aliphatic heterocycles. The second-order valence-corrected chi connectivity index (χ2v) is 7.54. The first-order valence-electron chi connectivity index (χ1n) is 9.18. The smallest absolute Gasteiger partial charge is 0.427 e. The average molecular weight is 473 g/mol. The summed E-state index contributed by atoms with van der Waals surface area (Å²) in [7, 11) is 0. The van der Waals surface area contributed by atoms with E-state index in [-0.39, 0.29) is 47.8 Å². The van der Waals surface area contributed by atoms with E-state index < -0.39 is 46.6 Å². The molecule has 1 heterocycles. The number of aliphatic carboxylic acids is 1. The lowest BCUT2D eigenvalue weighted by Gasteiger charge is -2.13. The Labute approximate surface area is 182 Å². The van der Waals surface area contributed by atoms with Gasteiger partial charge in [-0.2, -0.15) is 17.5 Å². The summed E-state index contributed by atoms with van der Waals surface area (Å²) in [5.41, 5.74) is 0.337. The largest absolute Gasteiger partial charge is 0.483 e. The van der Waals surface area contributed by atoms with E-state index in [4.69, 9.17) is 9.84 Å². The van der Waals surface area contributed by atoms with Crippen LogP contribution in [0.1, 0.15) is 28.0 Å².